The SMILES string of the molecule is COc1c(Cl)cc(C=Nn2c(C(C)(C)C)nc3ccc(Br)cc3c2=O)cc1[N+](=O)[O-]. The summed E-state index contributed by atoms with van der Waals surface area (Å²) in [5.41, 5.74) is -0.232. The highest BCUT2D eigenvalue weighted by Gasteiger charge is 2.23. The number of halogens is 2. The second-order valence-corrected chi connectivity index (χ2v) is 8.84. The topological polar surface area (TPSA) is 99.6 Å². The molecule has 0 saturated carbocycles. The Bertz CT molecular complexity index is 1250. The predicted octanol–water partition coefficient (Wildman–Crippen LogP) is 4.91. The van der Waals surface area contributed by atoms with Gasteiger partial charge < -0.3 is 4.74 Å². The normalized spacial score (nSPS) is 11.9. The number of ether oxygens (including phenoxy) is 1. The number of nitro benzene ring substituents is 1. The quantitative estimate of drug-likeness (QED) is 0.292. The summed E-state index contributed by atoms with van der Waals surface area (Å²) < 4.78 is 6.96. The fourth-order valence-corrected chi connectivity index (χ4v) is 3.54. The van der Waals surface area contributed by atoms with E-state index in [9.17, 15) is 14.9 Å². The molecule has 0 spiro atoms. The maximum Gasteiger partial charge on any atom is 0.313 e. The molecule has 1 heterocycles. The zero-order chi connectivity index (χ0) is 22.2. The van der Waals surface area contributed by atoms with Gasteiger partial charge in [-0.2, -0.15) is 9.78 Å². The summed E-state index contributed by atoms with van der Waals surface area (Å²) in [4.78, 5) is 28.5. The van der Waals surface area contributed by atoms with E-state index in [0.29, 0.717) is 22.3 Å². The molecule has 8 nitrogen and oxygen atoms in total. The minimum absolute atomic E-state index is 0.0383. The Morgan fingerprint density at radius 3 is 2.60 bits per heavy atom. The monoisotopic (exact) mass is 492 g/mol. The molecule has 3 aromatic rings. The summed E-state index contributed by atoms with van der Waals surface area (Å²) in [6.45, 7) is 5.75. The minimum Gasteiger partial charge on any atom is -0.489 e. The second kappa shape index (κ2) is 8.16. The molecular formula is C20H18BrClN4O4. The van der Waals surface area contributed by atoms with Gasteiger partial charge in [0.05, 0.1) is 34.2 Å². The van der Waals surface area contributed by atoms with Gasteiger partial charge in [-0.05, 0) is 24.3 Å². The highest BCUT2D eigenvalue weighted by atomic mass is 79.9. The molecule has 0 aliphatic carbocycles. The van der Waals surface area contributed by atoms with Crippen molar-refractivity contribution >= 4 is 50.3 Å². The molecule has 0 fully saturated rings. The first-order valence-electron chi connectivity index (χ1n) is 8.82. The first-order chi connectivity index (χ1) is 14.0. The van der Waals surface area contributed by atoms with Crippen molar-refractivity contribution in [3.8, 4) is 5.75 Å². The lowest BCUT2D eigenvalue weighted by Crippen LogP contribution is -2.29. The van der Waals surface area contributed by atoms with Gasteiger partial charge in [-0.3, -0.25) is 14.9 Å². The summed E-state index contributed by atoms with van der Waals surface area (Å²) in [7, 11) is 1.30. The van der Waals surface area contributed by atoms with E-state index in [1.165, 1.54) is 30.1 Å². The number of nitrogens with zero attached hydrogens (tertiary/aromatic N) is 4. The Morgan fingerprint density at radius 1 is 1.30 bits per heavy atom. The number of benzene rings is 2. The molecule has 0 aliphatic rings. The number of aromatic nitrogens is 2. The molecule has 2 aromatic carbocycles. The van der Waals surface area contributed by atoms with E-state index >= 15 is 0 Å². The van der Waals surface area contributed by atoms with Crippen LogP contribution in [0.25, 0.3) is 10.9 Å². The zero-order valence-electron chi connectivity index (χ0n) is 16.6. The first kappa shape index (κ1) is 21.9. The van der Waals surface area contributed by atoms with E-state index in [0.717, 1.165) is 4.47 Å². The minimum atomic E-state index is -0.593. The highest BCUT2D eigenvalue weighted by Crippen LogP contribution is 2.35. The van der Waals surface area contributed by atoms with Gasteiger partial charge in [-0.15, -0.1) is 0 Å². The highest BCUT2D eigenvalue weighted by molar-refractivity contribution is 9.10. The van der Waals surface area contributed by atoms with Crippen LogP contribution in [-0.2, 0) is 5.41 Å². The average molecular weight is 494 g/mol. The van der Waals surface area contributed by atoms with Crippen LogP contribution in [0.5, 0.6) is 5.75 Å². The molecule has 1 aromatic heterocycles. The lowest BCUT2D eigenvalue weighted by atomic mass is 9.95. The zero-order valence-corrected chi connectivity index (χ0v) is 19.0. The van der Waals surface area contributed by atoms with E-state index in [1.807, 2.05) is 26.8 Å². The van der Waals surface area contributed by atoms with Gasteiger partial charge in [-0.1, -0.05) is 48.3 Å². The van der Waals surface area contributed by atoms with Gasteiger partial charge in [0.1, 0.15) is 5.82 Å². The molecule has 0 aliphatic heterocycles. The van der Waals surface area contributed by atoms with Crippen molar-refractivity contribution in [3.63, 3.8) is 0 Å². The standard InChI is InChI=1S/C20H18BrClN4O4/c1-20(2,3)19-24-15-6-5-12(21)9-13(15)18(27)25(19)23-10-11-7-14(22)17(30-4)16(8-11)26(28)29/h5-10H,1-4H3. The number of hydrogen-bond acceptors (Lipinski definition) is 6. The van der Waals surface area contributed by atoms with Gasteiger partial charge >= 0.3 is 5.69 Å². The number of fused-ring (bicyclic) bond motifs is 1. The molecule has 3 rings (SSSR count). The van der Waals surface area contributed by atoms with Crippen LogP contribution in [0, 0.1) is 10.1 Å². The summed E-state index contributed by atoms with van der Waals surface area (Å²) in [5, 5.41) is 16.1. The van der Waals surface area contributed by atoms with Crippen molar-refractivity contribution in [2.75, 3.05) is 7.11 Å². The van der Waals surface area contributed by atoms with Crippen LogP contribution < -0.4 is 10.3 Å². The van der Waals surface area contributed by atoms with Crippen LogP contribution in [0.1, 0.15) is 32.2 Å². The molecule has 0 radical (unpaired) electrons. The first-order valence-corrected chi connectivity index (χ1v) is 9.99. The van der Waals surface area contributed by atoms with Crippen LogP contribution >= 0.6 is 27.5 Å². The van der Waals surface area contributed by atoms with E-state index in [1.54, 1.807) is 12.1 Å². The molecular weight excluding hydrogens is 476 g/mol. The van der Waals surface area contributed by atoms with E-state index < -0.39 is 10.3 Å². The Kier molecular flexibility index (Phi) is 5.96. The third-order valence-corrected chi connectivity index (χ3v) is 5.02. The van der Waals surface area contributed by atoms with Crippen molar-refractivity contribution in [2.45, 2.75) is 26.2 Å². The van der Waals surface area contributed by atoms with Crippen LogP contribution in [0.4, 0.5) is 5.69 Å². The van der Waals surface area contributed by atoms with Gasteiger partial charge in [0, 0.05) is 21.5 Å². The number of hydrogen-bond donors (Lipinski definition) is 0. The van der Waals surface area contributed by atoms with Crippen molar-refractivity contribution in [2.24, 2.45) is 5.10 Å². The van der Waals surface area contributed by atoms with Gasteiger partial charge in [0.25, 0.3) is 5.56 Å². The van der Waals surface area contributed by atoms with Crippen molar-refractivity contribution in [3.05, 3.63) is 71.7 Å². The molecule has 10 heteroatoms. The molecule has 0 unspecified atom stereocenters. The number of nitro groups is 1. The Labute approximate surface area is 185 Å². The van der Waals surface area contributed by atoms with E-state index in [4.69, 9.17) is 16.3 Å². The summed E-state index contributed by atoms with van der Waals surface area (Å²) >= 11 is 9.48. The predicted molar refractivity (Wildman–Crippen MR) is 120 cm³/mol. The lowest BCUT2D eigenvalue weighted by molar-refractivity contribution is -0.385. The largest absolute Gasteiger partial charge is 0.489 e. The lowest BCUT2D eigenvalue weighted by Gasteiger charge is -2.20. The molecule has 0 atom stereocenters. The van der Waals surface area contributed by atoms with E-state index in [-0.39, 0.29) is 22.0 Å². The second-order valence-electron chi connectivity index (χ2n) is 7.52. The van der Waals surface area contributed by atoms with Gasteiger partial charge in [0.2, 0.25) is 5.75 Å². The van der Waals surface area contributed by atoms with Crippen molar-refractivity contribution in [1.82, 2.24) is 9.66 Å². The third kappa shape index (κ3) is 4.22. The molecule has 30 heavy (non-hydrogen) atoms. The van der Waals surface area contributed by atoms with Crippen molar-refractivity contribution < 1.29 is 9.66 Å². The number of methoxy groups -OCH3 is 1. The molecule has 0 amide bonds. The van der Waals surface area contributed by atoms with Crippen LogP contribution in [0.15, 0.2) is 44.7 Å². The fourth-order valence-electron chi connectivity index (χ4n) is 2.88. The van der Waals surface area contributed by atoms with Gasteiger partial charge in [0.15, 0.2) is 0 Å². The van der Waals surface area contributed by atoms with Gasteiger partial charge in [-0.25, -0.2) is 4.98 Å². The molecule has 0 bridgehead atoms. The third-order valence-electron chi connectivity index (χ3n) is 4.25. The van der Waals surface area contributed by atoms with Crippen molar-refractivity contribution in [1.29, 1.82) is 0 Å². The Hall–Kier alpha value is -2.78. The molecule has 0 saturated heterocycles. The molecule has 0 N–H and O–H groups in total. The maximum atomic E-state index is 13.1. The maximum absolute atomic E-state index is 13.1. The smallest absolute Gasteiger partial charge is 0.313 e. The Balaban J connectivity index is 2.22. The summed E-state index contributed by atoms with van der Waals surface area (Å²) in [5.74, 6) is 0.413. The van der Waals surface area contributed by atoms with Crippen LogP contribution in [-0.4, -0.2) is 27.9 Å². The Morgan fingerprint density at radius 2 is 2.00 bits per heavy atom. The number of rotatable bonds is 4. The molecule has 156 valence electrons. The van der Waals surface area contributed by atoms with Crippen LogP contribution in [0.2, 0.25) is 5.02 Å². The fraction of sp³-hybridized carbons (Fsp3) is 0.250. The van der Waals surface area contributed by atoms with E-state index in [2.05, 4.69) is 26.0 Å². The summed E-state index contributed by atoms with van der Waals surface area (Å²) in [6.07, 6.45) is 1.33. The average Bonchev–Trinajstić information content (AvgIpc) is 2.66. The summed E-state index contributed by atoms with van der Waals surface area (Å²) in [6, 6.07) is 8.01. The van der Waals surface area contributed by atoms with Crippen LogP contribution in [0.3, 0.4) is 0 Å².